The third-order valence-electron chi connectivity index (χ3n) is 25.5. The summed E-state index contributed by atoms with van der Waals surface area (Å²) in [5.41, 5.74) is 24.4. The molecule has 1 aromatic carbocycles. The minimum atomic E-state index is -0.931. The largest absolute Gasteiger partial charge is 0.480 e. The molecule has 3 aliphatic rings. The zero-order valence-electron chi connectivity index (χ0n) is 81.2. The first-order chi connectivity index (χ1) is 53.5. The number of ether oxygens (including phenoxy) is 1. The molecule has 3 fully saturated rings. The number of aromatic nitrogens is 3. The predicted molar refractivity (Wildman–Crippen MR) is 498 cm³/mol. The van der Waals surface area contributed by atoms with Crippen molar-refractivity contribution in [1.29, 1.82) is 0 Å². The first-order valence-corrected chi connectivity index (χ1v) is 47.1. The normalized spacial score (nSPS) is 21.2. The topological polar surface area (TPSA) is 198 Å². The molecule has 6 N–H and O–H groups in total. The molecular formula is C100H175ClN6O8S. The Bertz CT molecular complexity index is 3530. The van der Waals surface area contributed by atoms with Crippen molar-refractivity contribution in [2.45, 2.75) is 372 Å². The van der Waals surface area contributed by atoms with Gasteiger partial charge in [0, 0.05) is 87.7 Å². The lowest BCUT2D eigenvalue weighted by Gasteiger charge is -2.46. The number of benzene rings is 1. The number of carboxylic acids is 2. The number of thioether (sulfide) groups is 1. The van der Waals surface area contributed by atoms with Gasteiger partial charge in [-0.1, -0.05) is 306 Å². The lowest BCUT2D eigenvalue weighted by Crippen LogP contribution is -2.43. The standard InChI is InChI=1S/C26H42ClNO2S.C22H40N2O.C18H31NO2.C17H29NO2.C17H33NO/c1-14(2)21-22(15(3)4)24(17(7)8)26(23(21)16(5)6,31-13-20(28)25(29)30)18-9-11-19(27)12-10-18;1-15(2)19-20(16(3)4)22(18(7)8)24(21(19)17(5)6)10-9-23-11-13-25-14-12-23;1-10(2)15-16(11(3)4)18(13(7)8)19(9-14(20)21)17(15)12(5)6;1-9(2)13-14(10(3)4)16(12(7)8)18(17(19)20)15(13)11(5)6;1-9(2)13-14(10(3)4)16(12(7)8)17(18-19)15(13)11(5)6/h9-12,14-17,20-24H,13,28H2,1-8H3,(H,29,30);15-18H,9-14H2,1-8H3;10-13H,9H2,1-8H3,(H,20,21);9-12H,1-8H3,(H,19,20);9-16,19H,1-8H3. The summed E-state index contributed by atoms with van der Waals surface area (Å²) in [4.78, 5) is 37.4. The van der Waals surface area contributed by atoms with Crippen LogP contribution in [0, 0.1) is 94.7 Å². The van der Waals surface area contributed by atoms with Gasteiger partial charge in [0.15, 0.2) is 0 Å². The second-order valence-corrected chi connectivity index (χ2v) is 43.0. The van der Waals surface area contributed by atoms with E-state index in [1.807, 2.05) is 12.1 Å². The number of hydrogen-bond acceptors (Lipinski definition) is 9. The van der Waals surface area contributed by atoms with Crippen molar-refractivity contribution in [3.05, 3.63) is 102 Å². The molecule has 0 amide bonds. The molecular weight excluding hydrogens is 1480 g/mol. The van der Waals surface area contributed by atoms with Crippen LogP contribution in [0.4, 0.5) is 4.79 Å². The lowest BCUT2D eigenvalue weighted by molar-refractivity contribution is -0.138. The van der Waals surface area contributed by atoms with Crippen molar-refractivity contribution in [1.82, 2.24) is 18.6 Å². The number of oxime groups is 1. The Morgan fingerprint density at radius 3 is 0.974 bits per heavy atom. The number of halogens is 1. The van der Waals surface area contributed by atoms with E-state index in [-0.39, 0.29) is 23.1 Å². The van der Waals surface area contributed by atoms with Crippen LogP contribution in [0.15, 0.2) is 29.4 Å². The molecule has 16 heteroatoms. The third-order valence-corrected chi connectivity index (χ3v) is 27.6. The predicted octanol–water partition coefficient (Wildman–Crippen LogP) is 27.6. The van der Waals surface area contributed by atoms with Gasteiger partial charge in [-0.05, 0) is 205 Å². The van der Waals surface area contributed by atoms with Crippen LogP contribution < -0.4 is 5.73 Å². The highest BCUT2D eigenvalue weighted by Gasteiger charge is 2.63. The molecule has 0 bridgehead atoms. The maximum atomic E-state index is 11.8. The van der Waals surface area contributed by atoms with Gasteiger partial charge in [0.05, 0.1) is 18.9 Å². The summed E-state index contributed by atoms with van der Waals surface area (Å²) in [5.74, 6) is 12.0. The van der Waals surface area contributed by atoms with E-state index in [1.165, 1.54) is 39.2 Å². The zero-order valence-corrected chi connectivity index (χ0v) is 82.8. The molecule has 9 atom stereocenters. The zero-order chi connectivity index (χ0) is 89.6. The molecule has 116 heavy (non-hydrogen) atoms. The number of rotatable bonds is 30. The number of nitrogens with two attached hydrogens (primary N) is 1. The quantitative estimate of drug-likeness (QED) is 0.0246. The highest BCUT2D eigenvalue weighted by atomic mass is 35.5. The molecule has 1 saturated heterocycles. The fraction of sp³-hybridized carbons (Fsp3) is 0.780. The average Bonchev–Trinajstić information content (AvgIpc) is 1.54. The SMILES string of the molecule is CC(C)C1C(=NO)C(C(C)C)C(C(C)C)C1C(C)C.CC(C)C1C(C(C)C)C(C(C)C)C(SCC(N)C(=O)O)(c2ccc(Cl)cc2)C1C(C)C.CC(C)c1c(C(C)C)c(C(C)C)n(C(=O)O)c1C(C)C.CC(C)c1c(C(C)C)c(C(C)C)n(CC(=O)O)c1C(C)C.CC(C)c1c(C(C)C)c(C(C)C)n(CCN2CCOCC2)c1C(C)C. The van der Waals surface area contributed by atoms with E-state index < -0.39 is 24.1 Å². The van der Waals surface area contributed by atoms with Crippen LogP contribution in [-0.2, 0) is 32.2 Å². The van der Waals surface area contributed by atoms with Crippen LogP contribution >= 0.6 is 23.4 Å². The minimum Gasteiger partial charge on any atom is -0.480 e. The number of carboxylic acid groups (broad SMARTS) is 3. The maximum absolute atomic E-state index is 11.8. The van der Waals surface area contributed by atoms with Crippen molar-refractivity contribution in [2.75, 3.05) is 38.6 Å². The fourth-order valence-corrected chi connectivity index (χ4v) is 24.5. The number of hydrogen-bond donors (Lipinski definition) is 5. The van der Waals surface area contributed by atoms with Gasteiger partial charge in [-0.25, -0.2) is 4.79 Å². The van der Waals surface area contributed by atoms with Crippen molar-refractivity contribution in [3.8, 4) is 0 Å². The second-order valence-electron chi connectivity index (χ2n) is 41.3. The highest BCUT2D eigenvalue weighted by molar-refractivity contribution is 8.00. The number of morpholine rings is 1. The molecule has 9 unspecified atom stereocenters. The molecule has 3 aromatic heterocycles. The van der Waals surface area contributed by atoms with E-state index in [0.29, 0.717) is 160 Å². The average molecular weight is 1660 g/mol. The van der Waals surface area contributed by atoms with Crippen LogP contribution in [0.5, 0.6) is 0 Å². The van der Waals surface area contributed by atoms with Gasteiger partial charge in [-0.2, -0.15) is 0 Å². The van der Waals surface area contributed by atoms with Crippen LogP contribution in [0.3, 0.4) is 0 Å². The smallest absolute Gasteiger partial charge is 0.415 e. The summed E-state index contributed by atoms with van der Waals surface area (Å²) in [5, 5.41) is 42.7. The van der Waals surface area contributed by atoms with Gasteiger partial charge in [0.25, 0.3) is 0 Å². The molecule has 4 heterocycles. The Kier molecular flexibility index (Phi) is 42.0. The van der Waals surface area contributed by atoms with Crippen LogP contribution in [0.1, 0.15) is 421 Å². The van der Waals surface area contributed by atoms with Crippen LogP contribution in [0.2, 0.25) is 5.02 Å². The number of nitrogens with zero attached hydrogens (tertiary/aromatic N) is 5. The first-order valence-electron chi connectivity index (χ1n) is 45.7. The summed E-state index contributed by atoms with van der Waals surface area (Å²) in [7, 11) is 0. The van der Waals surface area contributed by atoms with Crippen molar-refractivity contribution >= 4 is 47.1 Å². The third kappa shape index (κ3) is 24.7. The number of aliphatic carboxylic acids is 2. The number of carbonyl (C=O) groups is 3. The van der Waals surface area contributed by atoms with E-state index >= 15 is 0 Å². The van der Waals surface area contributed by atoms with Crippen molar-refractivity contribution in [3.63, 3.8) is 0 Å². The van der Waals surface area contributed by atoms with Crippen LogP contribution in [0.25, 0.3) is 0 Å². The highest BCUT2D eigenvalue weighted by Crippen LogP contribution is 2.68. The second kappa shape index (κ2) is 46.1. The molecule has 2 aliphatic carbocycles. The molecule has 0 radical (unpaired) electrons. The first kappa shape index (κ1) is 106. The van der Waals surface area contributed by atoms with Gasteiger partial charge in [-0.3, -0.25) is 19.1 Å². The summed E-state index contributed by atoms with van der Waals surface area (Å²) < 4.78 is 11.6. The van der Waals surface area contributed by atoms with E-state index in [2.05, 4.69) is 308 Å². The summed E-state index contributed by atoms with van der Waals surface area (Å²) in [6.07, 6.45) is -0.855. The van der Waals surface area contributed by atoms with Gasteiger partial charge in [0.1, 0.15) is 12.6 Å². The Hall–Kier alpha value is -4.54. The van der Waals surface area contributed by atoms with Gasteiger partial charge in [0.2, 0.25) is 0 Å². The summed E-state index contributed by atoms with van der Waals surface area (Å²) in [6, 6.07) is 7.44. The van der Waals surface area contributed by atoms with Gasteiger partial charge < -0.3 is 40.1 Å². The Morgan fingerprint density at radius 1 is 0.431 bits per heavy atom. The van der Waals surface area contributed by atoms with E-state index in [0.717, 1.165) is 61.5 Å². The molecule has 14 nitrogen and oxygen atoms in total. The van der Waals surface area contributed by atoms with Crippen LogP contribution in [-0.4, -0.2) is 108 Å². The molecule has 4 aromatic rings. The lowest BCUT2D eigenvalue weighted by atomic mass is 9.70. The van der Waals surface area contributed by atoms with E-state index in [1.54, 1.807) is 38.8 Å². The maximum Gasteiger partial charge on any atom is 0.415 e. The molecule has 666 valence electrons. The van der Waals surface area contributed by atoms with E-state index in [4.69, 9.17) is 22.1 Å². The molecule has 2 saturated carbocycles. The minimum absolute atomic E-state index is 0.0630. The monoisotopic (exact) mass is 1660 g/mol. The van der Waals surface area contributed by atoms with Crippen molar-refractivity contribution < 1.29 is 39.6 Å². The Balaban J connectivity index is 0.000000380. The molecule has 7 rings (SSSR count). The van der Waals surface area contributed by atoms with E-state index in [9.17, 15) is 34.9 Å². The Labute approximate surface area is 719 Å². The van der Waals surface area contributed by atoms with Crippen molar-refractivity contribution in [2.24, 2.45) is 106 Å². The summed E-state index contributed by atoms with van der Waals surface area (Å²) >= 11 is 8.08. The fourth-order valence-electron chi connectivity index (χ4n) is 22.2. The molecule has 0 spiro atoms. The molecule has 1 aliphatic heterocycles. The van der Waals surface area contributed by atoms with Gasteiger partial charge in [-0.15, -0.1) is 11.8 Å². The van der Waals surface area contributed by atoms with Gasteiger partial charge >= 0.3 is 18.0 Å². The summed E-state index contributed by atoms with van der Waals surface area (Å²) in [6.45, 7) is 96.7. The Morgan fingerprint density at radius 2 is 0.733 bits per heavy atom.